The molecule has 0 fully saturated rings. The van der Waals surface area contributed by atoms with Crippen LogP contribution in [0.5, 0.6) is 0 Å². The van der Waals surface area contributed by atoms with Gasteiger partial charge >= 0.3 is 0 Å². The number of thiophene rings is 1. The third-order valence-corrected chi connectivity index (χ3v) is 3.23. The molecule has 1 aromatic rings. The van der Waals surface area contributed by atoms with Gasteiger partial charge in [-0.2, -0.15) is 0 Å². The van der Waals surface area contributed by atoms with E-state index in [4.69, 9.17) is 11.6 Å². The molecule has 0 N–H and O–H groups in total. The number of halogens is 2. The largest absolute Gasteiger partial charge is 0.294 e. The van der Waals surface area contributed by atoms with Gasteiger partial charge in [0, 0.05) is 4.47 Å². The number of Topliss-reactive ketones (excluding diaryl/α,β-unsaturated/α-hetero) is 1. The summed E-state index contributed by atoms with van der Waals surface area (Å²) in [4.78, 5) is 11.5. The number of carbonyl (C=O) groups excluding carboxylic acids is 1. The maximum atomic E-state index is 10.8. The summed E-state index contributed by atoms with van der Waals surface area (Å²) in [7, 11) is 0. The van der Waals surface area contributed by atoms with Crippen molar-refractivity contribution >= 4 is 44.7 Å². The van der Waals surface area contributed by atoms with Crippen LogP contribution in [0, 0.1) is 0 Å². The van der Waals surface area contributed by atoms with Gasteiger partial charge in [-0.15, -0.1) is 11.3 Å². The highest BCUT2D eigenvalue weighted by molar-refractivity contribution is 9.10. The zero-order valence-corrected chi connectivity index (χ0v) is 8.31. The molecule has 0 amide bonds. The summed E-state index contributed by atoms with van der Waals surface area (Å²) in [6.07, 6.45) is 0. The second-order valence-corrected chi connectivity index (χ2v) is 4.32. The molecule has 0 atom stereocenters. The van der Waals surface area contributed by atoms with E-state index in [2.05, 4.69) is 15.9 Å². The number of rotatable bonds is 1. The Morgan fingerprint density at radius 3 is 2.60 bits per heavy atom. The first-order chi connectivity index (χ1) is 4.61. The van der Waals surface area contributed by atoms with Crippen LogP contribution in [-0.2, 0) is 0 Å². The van der Waals surface area contributed by atoms with Crippen molar-refractivity contribution in [3.8, 4) is 0 Å². The minimum Gasteiger partial charge on any atom is -0.294 e. The highest BCUT2D eigenvalue weighted by Crippen LogP contribution is 2.30. The number of ketones is 1. The molecule has 0 bridgehead atoms. The Morgan fingerprint density at radius 1 is 1.80 bits per heavy atom. The maximum Gasteiger partial charge on any atom is 0.170 e. The minimum absolute atomic E-state index is 0.0452. The predicted octanol–water partition coefficient (Wildman–Crippen LogP) is 3.37. The lowest BCUT2D eigenvalue weighted by molar-refractivity contribution is 0.102. The fourth-order valence-electron chi connectivity index (χ4n) is 0.581. The molecule has 0 radical (unpaired) electrons. The Hall–Kier alpha value is 0.140. The molecule has 1 aromatic heterocycles. The topological polar surface area (TPSA) is 17.1 Å². The van der Waals surface area contributed by atoms with Gasteiger partial charge in [0.2, 0.25) is 0 Å². The SMILES string of the molecule is CC(=O)c1sc(Cl)cc1Br. The second-order valence-electron chi connectivity index (χ2n) is 1.78. The van der Waals surface area contributed by atoms with Gasteiger partial charge in [0.15, 0.2) is 5.78 Å². The van der Waals surface area contributed by atoms with Crippen molar-refractivity contribution in [2.24, 2.45) is 0 Å². The normalized spacial score (nSPS) is 9.90. The molecule has 0 saturated heterocycles. The molecule has 54 valence electrons. The number of carbonyl (C=O) groups is 1. The standard InChI is InChI=1S/C6H4BrClOS/c1-3(9)6-4(7)2-5(8)10-6/h2H,1H3. The van der Waals surface area contributed by atoms with Crippen LogP contribution in [0.3, 0.4) is 0 Å². The molecule has 0 aromatic carbocycles. The van der Waals surface area contributed by atoms with E-state index >= 15 is 0 Å². The molecule has 0 aliphatic heterocycles. The summed E-state index contributed by atoms with van der Waals surface area (Å²) in [5.41, 5.74) is 0. The van der Waals surface area contributed by atoms with Crippen LogP contribution in [0.15, 0.2) is 10.5 Å². The molecule has 0 aliphatic rings. The van der Waals surface area contributed by atoms with Gasteiger partial charge < -0.3 is 0 Å². The molecule has 1 rings (SSSR count). The van der Waals surface area contributed by atoms with Crippen LogP contribution < -0.4 is 0 Å². The van der Waals surface area contributed by atoms with Crippen molar-refractivity contribution in [3.05, 3.63) is 19.8 Å². The minimum atomic E-state index is 0.0452. The van der Waals surface area contributed by atoms with E-state index in [1.165, 1.54) is 18.3 Å². The van der Waals surface area contributed by atoms with Crippen LogP contribution in [0.2, 0.25) is 4.34 Å². The molecular weight excluding hydrogens is 235 g/mol. The first-order valence-corrected chi connectivity index (χ1v) is 4.56. The van der Waals surface area contributed by atoms with Crippen molar-refractivity contribution in [1.29, 1.82) is 0 Å². The van der Waals surface area contributed by atoms with E-state index in [9.17, 15) is 4.79 Å². The lowest BCUT2D eigenvalue weighted by atomic mass is 10.4. The van der Waals surface area contributed by atoms with E-state index in [1.807, 2.05) is 0 Å². The van der Waals surface area contributed by atoms with Crippen LogP contribution in [0.25, 0.3) is 0 Å². The summed E-state index contributed by atoms with van der Waals surface area (Å²) in [6, 6.07) is 1.73. The van der Waals surface area contributed by atoms with Crippen molar-refractivity contribution in [2.45, 2.75) is 6.92 Å². The second kappa shape index (κ2) is 3.03. The van der Waals surface area contributed by atoms with E-state index < -0.39 is 0 Å². The van der Waals surface area contributed by atoms with Crippen LogP contribution in [-0.4, -0.2) is 5.78 Å². The Bertz CT molecular complexity index is 269. The third-order valence-electron chi connectivity index (χ3n) is 0.976. The zero-order valence-electron chi connectivity index (χ0n) is 5.15. The average Bonchev–Trinajstić information content (AvgIpc) is 2.10. The number of hydrogen-bond acceptors (Lipinski definition) is 2. The van der Waals surface area contributed by atoms with Gasteiger partial charge in [-0.25, -0.2) is 0 Å². The molecule has 1 heterocycles. The Morgan fingerprint density at radius 2 is 2.40 bits per heavy atom. The van der Waals surface area contributed by atoms with Gasteiger partial charge in [-0.05, 0) is 28.9 Å². The summed E-state index contributed by atoms with van der Waals surface area (Å²) in [6.45, 7) is 1.52. The molecule has 1 nitrogen and oxygen atoms in total. The molecule has 0 saturated carbocycles. The van der Waals surface area contributed by atoms with Gasteiger partial charge in [0.05, 0.1) is 9.21 Å². The fourth-order valence-corrected chi connectivity index (χ4v) is 2.63. The molecule has 0 unspecified atom stereocenters. The Kier molecular flexibility index (Phi) is 2.50. The van der Waals surface area contributed by atoms with Crippen molar-refractivity contribution in [3.63, 3.8) is 0 Å². The van der Waals surface area contributed by atoms with Crippen LogP contribution in [0.4, 0.5) is 0 Å². The smallest absolute Gasteiger partial charge is 0.170 e. The van der Waals surface area contributed by atoms with E-state index in [0.717, 1.165) is 4.47 Å². The molecule has 10 heavy (non-hydrogen) atoms. The molecule has 0 aliphatic carbocycles. The van der Waals surface area contributed by atoms with Crippen LogP contribution in [0.1, 0.15) is 16.6 Å². The predicted molar refractivity (Wildman–Crippen MR) is 47.0 cm³/mol. The third kappa shape index (κ3) is 1.59. The van der Waals surface area contributed by atoms with E-state index in [0.29, 0.717) is 9.21 Å². The van der Waals surface area contributed by atoms with Crippen molar-refractivity contribution < 1.29 is 4.79 Å². The lowest BCUT2D eigenvalue weighted by Crippen LogP contribution is -1.85. The van der Waals surface area contributed by atoms with Gasteiger partial charge in [-0.1, -0.05) is 11.6 Å². The maximum absolute atomic E-state index is 10.8. The summed E-state index contributed by atoms with van der Waals surface area (Å²) in [5.74, 6) is 0.0452. The summed E-state index contributed by atoms with van der Waals surface area (Å²) < 4.78 is 1.42. The monoisotopic (exact) mass is 238 g/mol. The quantitative estimate of drug-likeness (QED) is 0.687. The highest BCUT2D eigenvalue weighted by atomic mass is 79.9. The Balaban J connectivity index is 3.15. The van der Waals surface area contributed by atoms with Crippen LogP contribution >= 0.6 is 38.9 Å². The fraction of sp³-hybridized carbons (Fsp3) is 0.167. The molecule has 4 heteroatoms. The van der Waals surface area contributed by atoms with Gasteiger partial charge in [0.1, 0.15) is 0 Å². The first-order valence-electron chi connectivity index (χ1n) is 2.57. The van der Waals surface area contributed by atoms with E-state index in [-0.39, 0.29) is 5.78 Å². The van der Waals surface area contributed by atoms with E-state index in [1.54, 1.807) is 6.07 Å². The van der Waals surface area contributed by atoms with Gasteiger partial charge in [0.25, 0.3) is 0 Å². The summed E-state index contributed by atoms with van der Waals surface area (Å²) >= 11 is 10.2. The molecule has 0 spiro atoms. The lowest BCUT2D eigenvalue weighted by Gasteiger charge is -1.85. The van der Waals surface area contributed by atoms with Crippen molar-refractivity contribution in [2.75, 3.05) is 0 Å². The average molecular weight is 240 g/mol. The summed E-state index contributed by atoms with van der Waals surface area (Å²) in [5, 5.41) is 0. The van der Waals surface area contributed by atoms with Gasteiger partial charge in [-0.3, -0.25) is 4.79 Å². The number of hydrogen-bond donors (Lipinski definition) is 0. The Labute approximate surface area is 76.1 Å². The zero-order chi connectivity index (χ0) is 7.72. The molecular formula is C6H4BrClOS. The highest BCUT2D eigenvalue weighted by Gasteiger charge is 2.08. The van der Waals surface area contributed by atoms with Crippen molar-refractivity contribution in [1.82, 2.24) is 0 Å². The first kappa shape index (κ1) is 8.24.